The number of carbonyl (C=O) groups is 1. The van der Waals surface area contributed by atoms with Crippen LogP contribution in [0.3, 0.4) is 0 Å². The van der Waals surface area contributed by atoms with E-state index in [9.17, 15) is 13.2 Å². The molecule has 2 aromatic carbocycles. The molecular weight excluding hydrogens is 468 g/mol. The SMILES string of the molecule is COc1ccc(C=Cc2onc(C)c2NC(C)=O)cc1S(=O)(=O)N1CCN(c2ccccc2)CC1. The van der Waals surface area contributed by atoms with Gasteiger partial charge in [0.05, 0.1) is 7.11 Å². The van der Waals surface area contributed by atoms with Crippen molar-refractivity contribution in [3.8, 4) is 5.75 Å². The Morgan fingerprint density at radius 2 is 1.80 bits per heavy atom. The van der Waals surface area contributed by atoms with Crippen molar-refractivity contribution in [2.45, 2.75) is 18.7 Å². The number of amides is 1. The molecule has 0 radical (unpaired) electrons. The van der Waals surface area contributed by atoms with Crippen LogP contribution in [-0.2, 0) is 14.8 Å². The molecule has 1 N–H and O–H groups in total. The predicted molar refractivity (Wildman–Crippen MR) is 135 cm³/mol. The summed E-state index contributed by atoms with van der Waals surface area (Å²) in [6, 6.07) is 14.9. The summed E-state index contributed by atoms with van der Waals surface area (Å²) in [5.41, 5.74) is 2.74. The summed E-state index contributed by atoms with van der Waals surface area (Å²) in [6.45, 7) is 5.07. The van der Waals surface area contributed by atoms with Gasteiger partial charge >= 0.3 is 0 Å². The molecule has 1 saturated heterocycles. The van der Waals surface area contributed by atoms with Gasteiger partial charge in [-0.3, -0.25) is 4.79 Å². The summed E-state index contributed by atoms with van der Waals surface area (Å²) in [7, 11) is -2.33. The minimum atomic E-state index is -3.78. The Morgan fingerprint density at radius 3 is 2.46 bits per heavy atom. The predicted octanol–water partition coefficient (Wildman–Crippen LogP) is 3.63. The molecule has 1 fully saturated rings. The topological polar surface area (TPSA) is 105 Å². The second kappa shape index (κ2) is 10.3. The Labute approximate surface area is 205 Å². The standard InChI is InChI=1S/C25H28N4O5S/c1-18-25(26-19(2)30)23(34-27-18)12-10-20-9-11-22(33-3)24(17-20)35(31,32)29-15-13-28(14-16-29)21-7-5-4-6-8-21/h4-12,17H,13-16H2,1-3H3,(H,26,30). The Bertz CT molecular complexity index is 1330. The average molecular weight is 497 g/mol. The van der Waals surface area contributed by atoms with Gasteiger partial charge in [-0.05, 0) is 42.8 Å². The van der Waals surface area contributed by atoms with Gasteiger partial charge in [0.1, 0.15) is 22.0 Å². The first-order valence-corrected chi connectivity index (χ1v) is 12.6. The number of piperazine rings is 1. The van der Waals surface area contributed by atoms with Gasteiger partial charge in [-0.1, -0.05) is 35.5 Å². The molecule has 184 valence electrons. The van der Waals surface area contributed by atoms with Gasteiger partial charge in [0.15, 0.2) is 5.76 Å². The lowest BCUT2D eigenvalue weighted by Gasteiger charge is -2.35. The molecule has 0 bridgehead atoms. The number of hydrogen-bond acceptors (Lipinski definition) is 7. The van der Waals surface area contributed by atoms with Crippen LogP contribution in [0.4, 0.5) is 11.4 Å². The molecule has 0 saturated carbocycles. The summed E-state index contributed by atoms with van der Waals surface area (Å²) >= 11 is 0. The van der Waals surface area contributed by atoms with Gasteiger partial charge in [-0.15, -0.1) is 0 Å². The summed E-state index contributed by atoms with van der Waals surface area (Å²) in [6.07, 6.45) is 3.35. The van der Waals surface area contributed by atoms with Crippen molar-refractivity contribution < 1.29 is 22.5 Å². The van der Waals surface area contributed by atoms with Gasteiger partial charge < -0.3 is 19.5 Å². The number of hydrogen-bond donors (Lipinski definition) is 1. The van der Waals surface area contributed by atoms with Crippen molar-refractivity contribution in [2.24, 2.45) is 0 Å². The number of methoxy groups -OCH3 is 1. The Balaban J connectivity index is 1.56. The van der Waals surface area contributed by atoms with Crippen molar-refractivity contribution in [1.82, 2.24) is 9.46 Å². The van der Waals surface area contributed by atoms with E-state index in [1.807, 2.05) is 30.3 Å². The Morgan fingerprint density at radius 1 is 1.09 bits per heavy atom. The summed E-state index contributed by atoms with van der Waals surface area (Å²) < 4.78 is 39.3. The number of benzene rings is 2. The third kappa shape index (κ3) is 5.39. The highest BCUT2D eigenvalue weighted by Crippen LogP contribution is 2.30. The van der Waals surface area contributed by atoms with E-state index in [1.165, 1.54) is 18.3 Å². The summed E-state index contributed by atoms with van der Waals surface area (Å²) in [5, 5.41) is 6.58. The van der Waals surface area contributed by atoms with Crippen LogP contribution >= 0.6 is 0 Å². The van der Waals surface area contributed by atoms with Crippen LogP contribution in [0.5, 0.6) is 5.75 Å². The fraction of sp³-hybridized carbons (Fsp3) is 0.280. The highest BCUT2D eigenvalue weighted by molar-refractivity contribution is 7.89. The molecule has 1 aliphatic heterocycles. The maximum atomic E-state index is 13.5. The van der Waals surface area contributed by atoms with Crippen molar-refractivity contribution in [1.29, 1.82) is 0 Å². The highest BCUT2D eigenvalue weighted by atomic mass is 32.2. The number of aryl methyl sites for hydroxylation is 1. The Hall–Kier alpha value is -3.63. The lowest BCUT2D eigenvalue weighted by atomic mass is 10.2. The first-order valence-electron chi connectivity index (χ1n) is 11.2. The average Bonchev–Trinajstić information content (AvgIpc) is 3.21. The molecular formula is C25H28N4O5S. The first kappa shape index (κ1) is 24.5. The van der Waals surface area contributed by atoms with Crippen LogP contribution in [0, 0.1) is 6.92 Å². The third-order valence-electron chi connectivity index (χ3n) is 5.78. The molecule has 10 heteroatoms. The zero-order chi connectivity index (χ0) is 25.0. The second-order valence-electron chi connectivity index (χ2n) is 8.16. The number of anilines is 2. The molecule has 0 unspecified atom stereocenters. The van der Waals surface area contributed by atoms with Crippen LogP contribution in [0.15, 0.2) is 57.9 Å². The normalized spacial score (nSPS) is 14.9. The van der Waals surface area contributed by atoms with Crippen molar-refractivity contribution in [2.75, 3.05) is 43.5 Å². The third-order valence-corrected chi connectivity index (χ3v) is 7.70. The van der Waals surface area contributed by atoms with Gasteiger partial charge in [-0.25, -0.2) is 8.42 Å². The summed E-state index contributed by atoms with van der Waals surface area (Å²) in [4.78, 5) is 13.8. The van der Waals surface area contributed by atoms with E-state index in [-0.39, 0.29) is 16.6 Å². The largest absolute Gasteiger partial charge is 0.495 e. The number of para-hydroxylation sites is 1. The van der Waals surface area contributed by atoms with Crippen LogP contribution < -0.4 is 15.0 Å². The van der Waals surface area contributed by atoms with Crippen LogP contribution in [0.2, 0.25) is 0 Å². The fourth-order valence-electron chi connectivity index (χ4n) is 3.96. The quantitative estimate of drug-likeness (QED) is 0.533. The van der Waals surface area contributed by atoms with E-state index in [4.69, 9.17) is 9.26 Å². The number of aromatic nitrogens is 1. The molecule has 4 rings (SSSR count). The van der Waals surface area contributed by atoms with Crippen LogP contribution in [0.1, 0.15) is 23.9 Å². The van der Waals surface area contributed by atoms with Crippen molar-refractivity contribution in [3.05, 3.63) is 65.5 Å². The molecule has 0 spiro atoms. The molecule has 9 nitrogen and oxygen atoms in total. The van der Waals surface area contributed by atoms with Gasteiger partial charge in [0.2, 0.25) is 15.9 Å². The van der Waals surface area contributed by atoms with Crippen LogP contribution in [-0.4, -0.2) is 57.1 Å². The van der Waals surface area contributed by atoms with Gasteiger partial charge in [0, 0.05) is 38.8 Å². The van der Waals surface area contributed by atoms with E-state index in [1.54, 1.807) is 37.3 Å². The second-order valence-corrected chi connectivity index (χ2v) is 10.1. The number of nitrogens with one attached hydrogen (secondary N) is 1. The number of sulfonamides is 1. The minimum Gasteiger partial charge on any atom is -0.495 e. The maximum Gasteiger partial charge on any atom is 0.246 e. The number of carbonyl (C=O) groups excluding carboxylic acids is 1. The Kier molecular flexibility index (Phi) is 7.23. The molecule has 0 aliphatic carbocycles. The zero-order valence-corrected chi connectivity index (χ0v) is 20.7. The highest BCUT2D eigenvalue weighted by Gasteiger charge is 2.31. The monoisotopic (exact) mass is 496 g/mol. The fourth-order valence-corrected chi connectivity index (χ4v) is 5.58. The van der Waals surface area contributed by atoms with E-state index in [0.29, 0.717) is 48.9 Å². The lowest BCUT2D eigenvalue weighted by molar-refractivity contribution is -0.114. The zero-order valence-electron chi connectivity index (χ0n) is 19.9. The van der Waals surface area contributed by atoms with Crippen LogP contribution in [0.25, 0.3) is 12.2 Å². The number of nitrogens with zero attached hydrogens (tertiary/aromatic N) is 3. The molecule has 1 aromatic heterocycles. The van der Waals surface area contributed by atoms with Crippen molar-refractivity contribution in [3.63, 3.8) is 0 Å². The maximum absolute atomic E-state index is 13.5. The number of rotatable bonds is 7. The first-order chi connectivity index (χ1) is 16.8. The molecule has 2 heterocycles. The molecule has 0 atom stereocenters. The molecule has 1 aliphatic rings. The van der Waals surface area contributed by atoms with E-state index in [0.717, 1.165) is 5.69 Å². The minimum absolute atomic E-state index is 0.103. The molecule has 35 heavy (non-hydrogen) atoms. The lowest BCUT2D eigenvalue weighted by Crippen LogP contribution is -2.48. The summed E-state index contributed by atoms with van der Waals surface area (Å²) in [5.74, 6) is 0.410. The van der Waals surface area contributed by atoms with Crippen molar-refractivity contribution >= 4 is 39.5 Å². The van der Waals surface area contributed by atoms with E-state index < -0.39 is 10.0 Å². The van der Waals surface area contributed by atoms with E-state index in [2.05, 4.69) is 15.4 Å². The van der Waals surface area contributed by atoms with Gasteiger partial charge in [-0.2, -0.15) is 4.31 Å². The molecule has 1 amide bonds. The number of ether oxygens (including phenoxy) is 1. The van der Waals surface area contributed by atoms with E-state index >= 15 is 0 Å². The smallest absolute Gasteiger partial charge is 0.246 e. The molecule has 3 aromatic rings. The van der Waals surface area contributed by atoms with Gasteiger partial charge in [0.25, 0.3) is 0 Å².